The minimum atomic E-state index is -1.53. The van der Waals surface area contributed by atoms with Crippen molar-refractivity contribution in [3.8, 4) is 0 Å². The lowest BCUT2D eigenvalue weighted by molar-refractivity contribution is -0.151. The molecule has 0 bridgehead atoms. The first kappa shape index (κ1) is 16.6. The molecular weight excluding hydrogens is 320 g/mol. The molecular formula is C14H14ClF2NO4. The highest BCUT2D eigenvalue weighted by Crippen LogP contribution is 2.33. The van der Waals surface area contributed by atoms with Gasteiger partial charge in [-0.15, -0.1) is 0 Å². The quantitative estimate of drug-likeness (QED) is 0.859. The zero-order valence-corrected chi connectivity index (χ0v) is 12.5. The van der Waals surface area contributed by atoms with Gasteiger partial charge in [-0.2, -0.15) is 0 Å². The van der Waals surface area contributed by atoms with Crippen LogP contribution in [0.25, 0.3) is 0 Å². The van der Waals surface area contributed by atoms with Crippen LogP contribution in [-0.2, 0) is 9.53 Å². The number of hydrogen-bond donors (Lipinski definition) is 1. The Balaban J connectivity index is 2.44. The summed E-state index contributed by atoms with van der Waals surface area (Å²) in [5.74, 6) is -4.37. The van der Waals surface area contributed by atoms with Gasteiger partial charge < -0.3 is 14.7 Å². The van der Waals surface area contributed by atoms with Crippen molar-refractivity contribution in [1.29, 1.82) is 0 Å². The van der Waals surface area contributed by atoms with Crippen molar-refractivity contribution in [1.82, 2.24) is 4.90 Å². The molecule has 2 rings (SSSR count). The van der Waals surface area contributed by atoms with E-state index in [9.17, 15) is 23.5 Å². The fourth-order valence-electron chi connectivity index (χ4n) is 2.68. The maximum absolute atomic E-state index is 13.4. The molecule has 1 aromatic carbocycles. The van der Waals surface area contributed by atoms with Crippen LogP contribution in [0.15, 0.2) is 12.1 Å². The summed E-state index contributed by atoms with van der Waals surface area (Å²) in [5.41, 5.74) is -1.80. The topological polar surface area (TPSA) is 66.8 Å². The van der Waals surface area contributed by atoms with Gasteiger partial charge in [0.2, 0.25) is 0 Å². The molecule has 1 aliphatic heterocycles. The highest BCUT2D eigenvalue weighted by Gasteiger charge is 2.50. The number of nitrogens with zero attached hydrogens (tertiary/aromatic N) is 1. The lowest BCUT2D eigenvalue weighted by atomic mass is 9.96. The Bertz CT molecular complexity index is 625. The fourth-order valence-corrected chi connectivity index (χ4v) is 2.91. The maximum atomic E-state index is 13.4. The molecule has 1 unspecified atom stereocenters. The maximum Gasteiger partial charge on any atom is 0.332 e. The third-order valence-electron chi connectivity index (χ3n) is 3.76. The van der Waals surface area contributed by atoms with Gasteiger partial charge in [0.05, 0.1) is 17.2 Å². The number of likely N-dealkylation sites (tertiary alicyclic amines) is 1. The first-order chi connectivity index (χ1) is 10.3. The largest absolute Gasteiger partial charge is 0.479 e. The summed E-state index contributed by atoms with van der Waals surface area (Å²) >= 11 is 5.79. The number of carboxylic acid groups (broad SMARTS) is 1. The minimum absolute atomic E-state index is 0.170. The molecule has 1 fully saturated rings. The van der Waals surface area contributed by atoms with E-state index in [0.717, 1.165) is 4.90 Å². The molecule has 120 valence electrons. The second-order valence-electron chi connectivity index (χ2n) is 5.08. The summed E-state index contributed by atoms with van der Waals surface area (Å²) in [6.07, 6.45) is 0.673. The third-order valence-corrected chi connectivity index (χ3v) is 4.07. The van der Waals surface area contributed by atoms with Gasteiger partial charge in [0.1, 0.15) is 0 Å². The molecule has 0 spiro atoms. The van der Waals surface area contributed by atoms with Gasteiger partial charge in [0.25, 0.3) is 5.91 Å². The van der Waals surface area contributed by atoms with E-state index in [1.165, 1.54) is 7.11 Å². The van der Waals surface area contributed by atoms with Crippen molar-refractivity contribution in [2.75, 3.05) is 20.3 Å². The first-order valence-corrected chi connectivity index (χ1v) is 6.90. The van der Waals surface area contributed by atoms with Crippen LogP contribution in [0.2, 0.25) is 5.02 Å². The van der Waals surface area contributed by atoms with Crippen molar-refractivity contribution in [2.45, 2.75) is 18.4 Å². The molecule has 1 N–H and O–H groups in total. The summed E-state index contributed by atoms with van der Waals surface area (Å²) in [6.45, 7) is -0.0286. The van der Waals surface area contributed by atoms with E-state index in [4.69, 9.17) is 16.3 Å². The third kappa shape index (κ3) is 2.66. The smallest absolute Gasteiger partial charge is 0.332 e. The number of rotatable bonds is 4. The predicted molar refractivity (Wildman–Crippen MR) is 73.9 cm³/mol. The molecule has 0 aliphatic carbocycles. The van der Waals surface area contributed by atoms with E-state index in [-0.39, 0.29) is 30.2 Å². The average Bonchev–Trinajstić information content (AvgIpc) is 2.87. The van der Waals surface area contributed by atoms with Crippen molar-refractivity contribution in [3.63, 3.8) is 0 Å². The Kier molecular flexibility index (Phi) is 4.67. The van der Waals surface area contributed by atoms with Gasteiger partial charge in [-0.1, -0.05) is 11.6 Å². The SMILES string of the molecule is COCC1(C(=O)O)CCCN1C(=O)c1cc(F)c(F)cc1Cl. The van der Waals surface area contributed by atoms with Crippen LogP contribution in [0.5, 0.6) is 0 Å². The highest BCUT2D eigenvalue weighted by atomic mass is 35.5. The zero-order valence-electron chi connectivity index (χ0n) is 11.7. The van der Waals surface area contributed by atoms with E-state index in [1.54, 1.807) is 0 Å². The van der Waals surface area contributed by atoms with Crippen LogP contribution in [0.1, 0.15) is 23.2 Å². The first-order valence-electron chi connectivity index (χ1n) is 6.52. The molecule has 22 heavy (non-hydrogen) atoms. The number of halogens is 3. The second-order valence-corrected chi connectivity index (χ2v) is 5.48. The van der Waals surface area contributed by atoms with E-state index in [0.29, 0.717) is 18.6 Å². The summed E-state index contributed by atoms with van der Waals surface area (Å²) in [5, 5.41) is 9.22. The summed E-state index contributed by atoms with van der Waals surface area (Å²) in [6, 6.07) is 1.37. The number of aliphatic carboxylic acids is 1. The second kappa shape index (κ2) is 6.18. The van der Waals surface area contributed by atoms with Gasteiger partial charge in [-0.3, -0.25) is 4.79 Å². The molecule has 5 nitrogen and oxygen atoms in total. The number of ether oxygens (including phenoxy) is 1. The molecule has 0 radical (unpaired) electrons. The van der Waals surface area contributed by atoms with E-state index < -0.39 is 29.0 Å². The number of benzene rings is 1. The van der Waals surface area contributed by atoms with Crippen LogP contribution >= 0.6 is 11.6 Å². The Labute approximate surface area is 130 Å². The van der Waals surface area contributed by atoms with Crippen molar-refractivity contribution < 1.29 is 28.2 Å². The van der Waals surface area contributed by atoms with E-state index in [2.05, 4.69) is 0 Å². The number of methoxy groups -OCH3 is 1. The Morgan fingerprint density at radius 3 is 2.64 bits per heavy atom. The zero-order chi connectivity index (χ0) is 16.5. The normalized spacial score (nSPS) is 21.2. The highest BCUT2D eigenvalue weighted by molar-refractivity contribution is 6.33. The van der Waals surface area contributed by atoms with Crippen LogP contribution in [0.4, 0.5) is 8.78 Å². The molecule has 0 saturated carbocycles. The van der Waals surface area contributed by atoms with Crippen LogP contribution < -0.4 is 0 Å². The Hall–Kier alpha value is -1.73. The van der Waals surface area contributed by atoms with Crippen LogP contribution in [0.3, 0.4) is 0 Å². The van der Waals surface area contributed by atoms with Crippen LogP contribution in [-0.4, -0.2) is 47.7 Å². The monoisotopic (exact) mass is 333 g/mol. The number of carbonyl (C=O) groups is 2. The lowest BCUT2D eigenvalue weighted by Gasteiger charge is -2.34. The van der Waals surface area contributed by atoms with Gasteiger partial charge in [0.15, 0.2) is 17.2 Å². The fraction of sp³-hybridized carbons (Fsp3) is 0.429. The minimum Gasteiger partial charge on any atom is -0.479 e. The van der Waals surface area contributed by atoms with E-state index in [1.807, 2.05) is 0 Å². The van der Waals surface area contributed by atoms with Gasteiger partial charge >= 0.3 is 5.97 Å². The van der Waals surface area contributed by atoms with Gasteiger partial charge in [-0.25, -0.2) is 13.6 Å². The number of carboxylic acids is 1. The Morgan fingerprint density at radius 1 is 1.41 bits per heavy atom. The average molecular weight is 334 g/mol. The van der Waals surface area contributed by atoms with Crippen molar-refractivity contribution in [2.24, 2.45) is 0 Å². The summed E-state index contributed by atoms with van der Waals surface area (Å²) in [4.78, 5) is 25.3. The summed E-state index contributed by atoms with van der Waals surface area (Å²) in [7, 11) is 1.33. The standard InChI is InChI=1S/C14H14ClF2NO4/c1-22-7-14(13(20)21)3-2-4-18(14)12(19)8-5-10(16)11(17)6-9(8)15/h5-6H,2-4,7H2,1H3,(H,20,21). The lowest BCUT2D eigenvalue weighted by Crippen LogP contribution is -2.56. The molecule has 1 aliphatic rings. The van der Waals surface area contributed by atoms with Gasteiger partial charge in [-0.05, 0) is 25.0 Å². The number of carbonyl (C=O) groups excluding carboxylic acids is 1. The molecule has 1 heterocycles. The molecule has 0 aromatic heterocycles. The van der Waals surface area contributed by atoms with Crippen molar-refractivity contribution >= 4 is 23.5 Å². The van der Waals surface area contributed by atoms with Crippen molar-refractivity contribution in [3.05, 3.63) is 34.4 Å². The van der Waals surface area contributed by atoms with Gasteiger partial charge in [0, 0.05) is 13.7 Å². The molecule has 1 atom stereocenters. The molecule has 1 saturated heterocycles. The molecule has 1 aromatic rings. The van der Waals surface area contributed by atoms with Crippen LogP contribution in [0, 0.1) is 11.6 Å². The Morgan fingerprint density at radius 2 is 2.05 bits per heavy atom. The number of amides is 1. The number of hydrogen-bond acceptors (Lipinski definition) is 3. The summed E-state index contributed by atoms with van der Waals surface area (Å²) < 4.78 is 31.4. The molecule has 8 heteroatoms. The molecule has 1 amide bonds. The predicted octanol–water partition coefficient (Wildman–Crippen LogP) is 2.32. The van der Waals surface area contributed by atoms with E-state index >= 15 is 0 Å².